The van der Waals surface area contributed by atoms with Gasteiger partial charge in [-0.05, 0) is 36.5 Å². The van der Waals surface area contributed by atoms with Crippen LogP contribution in [0.1, 0.15) is 23.1 Å². The van der Waals surface area contributed by atoms with Crippen molar-refractivity contribution >= 4 is 0 Å². The molecule has 0 aliphatic heterocycles. The molecule has 4 heteroatoms. The van der Waals surface area contributed by atoms with E-state index >= 15 is 0 Å². The van der Waals surface area contributed by atoms with E-state index in [4.69, 9.17) is 0 Å². The first-order chi connectivity index (χ1) is 6.86. The quantitative estimate of drug-likeness (QED) is 0.706. The zero-order chi connectivity index (χ0) is 11.3. The summed E-state index contributed by atoms with van der Waals surface area (Å²) in [4.78, 5) is 0. The minimum Gasteiger partial charge on any atom is -0.376 e. The minimum atomic E-state index is -4.59. The molecule has 0 aromatic heterocycles. The Morgan fingerprint density at radius 3 is 2.60 bits per heavy atom. The van der Waals surface area contributed by atoms with Crippen molar-refractivity contribution < 1.29 is 18.3 Å². The van der Waals surface area contributed by atoms with E-state index in [2.05, 4.69) is 0 Å². The van der Waals surface area contributed by atoms with Gasteiger partial charge >= 0.3 is 6.18 Å². The molecular weight excluding hydrogens is 205 g/mol. The number of halogens is 3. The average molecular weight is 216 g/mol. The summed E-state index contributed by atoms with van der Waals surface area (Å²) in [6.07, 6.45) is -4.57. The monoisotopic (exact) mass is 216 g/mol. The summed E-state index contributed by atoms with van der Waals surface area (Å²) in [7, 11) is 0. The summed E-state index contributed by atoms with van der Waals surface area (Å²) in [5.41, 5.74) is -1.17. The molecule has 0 radical (unpaired) electrons. The highest BCUT2D eigenvalue weighted by molar-refractivity contribution is 5.43. The number of aryl methyl sites for hydroxylation is 1. The molecule has 0 amide bonds. The highest BCUT2D eigenvalue weighted by atomic mass is 19.4. The van der Waals surface area contributed by atoms with Gasteiger partial charge in [-0.2, -0.15) is 13.2 Å². The Labute approximate surface area is 85.5 Å². The summed E-state index contributed by atoms with van der Waals surface area (Å²) in [5.74, 6) is 0. The zero-order valence-electron chi connectivity index (χ0n) is 8.23. The fourth-order valence-electron chi connectivity index (χ4n) is 2.16. The molecule has 0 bridgehead atoms. The summed E-state index contributed by atoms with van der Waals surface area (Å²) in [6, 6.07) is 4.68. The molecular formula is C11H11F3O. The lowest BCUT2D eigenvalue weighted by Gasteiger charge is -2.26. The molecule has 1 aliphatic rings. The van der Waals surface area contributed by atoms with Crippen molar-refractivity contribution in [3.63, 3.8) is 0 Å². The fourth-order valence-corrected chi connectivity index (χ4v) is 2.16. The van der Waals surface area contributed by atoms with Gasteiger partial charge in [-0.1, -0.05) is 18.2 Å². The second-order valence-corrected chi connectivity index (χ2v) is 3.96. The highest BCUT2D eigenvalue weighted by Crippen LogP contribution is 2.48. The number of fused-ring (bicyclic) bond motifs is 1. The second kappa shape index (κ2) is 2.98. The zero-order valence-corrected chi connectivity index (χ0v) is 8.23. The molecule has 0 spiro atoms. The lowest BCUT2D eigenvalue weighted by Crippen LogP contribution is -2.40. The van der Waals surface area contributed by atoms with Gasteiger partial charge in [-0.25, -0.2) is 0 Å². The Morgan fingerprint density at radius 1 is 1.33 bits per heavy atom. The van der Waals surface area contributed by atoms with E-state index in [9.17, 15) is 18.3 Å². The van der Waals surface area contributed by atoms with Gasteiger partial charge in [0.15, 0.2) is 5.60 Å². The molecule has 2 rings (SSSR count). The number of aliphatic hydroxyl groups is 1. The number of benzene rings is 1. The fraction of sp³-hybridized carbons (Fsp3) is 0.455. The van der Waals surface area contributed by atoms with Gasteiger partial charge < -0.3 is 5.11 Å². The molecule has 0 saturated heterocycles. The molecule has 0 heterocycles. The van der Waals surface area contributed by atoms with Crippen molar-refractivity contribution in [2.24, 2.45) is 0 Å². The van der Waals surface area contributed by atoms with E-state index in [0.29, 0.717) is 5.56 Å². The molecule has 0 saturated carbocycles. The molecule has 1 N–H and O–H groups in total. The molecule has 0 fully saturated rings. The molecule has 1 nitrogen and oxygen atoms in total. The Kier molecular flexibility index (Phi) is 2.08. The molecule has 1 aromatic carbocycles. The molecule has 82 valence electrons. The second-order valence-electron chi connectivity index (χ2n) is 3.96. The van der Waals surface area contributed by atoms with E-state index < -0.39 is 11.8 Å². The van der Waals surface area contributed by atoms with Crippen LogP contribution in [0.4, 0.5) is 13.2 Å². The minimum absolute atomic E-state index is 0.0231. The van der Waals surface area contributed by atoms with E-state index in [1.54, 1.807) is 19.1 Å². The van der Waals surface area contributed by atoms with Crippen LogP contribution in [-0.2, 0) is 12.0 Å². The van der Waals surface area contributed by atoms with Crippen LogP contribution in [0.5, 0.6) is 0 Å². The topological polar surface area (TPSA) is 20.2 Å². The van der Waals surface area contributed by atoms with Crippen LogP contribution in [0.2, 0.25) is 0 Å². The SMILES string of the molecule is Cc1cccc2c1CCC2(O)C(F)(F)F. The maximum Gasteiger partial charge on any atom is 0.421 e. The predicted octanol–water partition coefficient (Wildman–Crippen LogP) is 2.69. The van der Waals surface area contributed by atoms with Gasteiger partial charge in [0, 0.05) is 0 Å². The molecule has 15 heavy (non-hydrogen) atoms. The first-order valence-corrected chi connectivity index (χ1v) is 4.74. The summed E-state index contributed by atoms with van der Waals surface area (Å²) in [5, 5.41) is 9.68. The number of rotatable bonds is 0. The lowest BCUT2D eigenvalue weighted by molar-refractivity contribution is -0.265. The van der Waals surface area contributed by atoms with Crippen molar-refractivity contribution in [2.75, 3.05) is 0 Å². The third-order valence-corrected chi connectivity index (χ3v) is 3.06. The van der Waals surface area contributed by atoms with Crippen molar-refractivity contribution in [2.45, 2.75) is 31.5 Å². The summed E-state index contributed by atoms with van der Waals surface area (Å²) in [6.45, 7) is 1.76. The van der Waals surface area contributed by atoms with Crippen LogP contribution in [0, 0.1) is 6.92 Å². The van der Waals surface area contributed by atoms with Crippen molar-refractivity contribution in [1.82, 2.24) is 0 Å². The summed E-state index contributed by atoms with van der Waals surface area (Å²) < 4.78 is 38.1. The van der Waals surface area contributed by atoms with Crippen molar-refractivity contribution in [3.05, 3.63) is 34.9 Å². The maximum absolute atomic E-state index is 12.7. The summed E-state index contributed by atoms with van der Waals surface area (Å²) >= 11 is 0. The van der Waals surface area contributed by atoms with Gasteiger partial charge in [0.25, 0.3) is 0 Å². The third kappa shape index (κ3) is 1.35. The van der Waals surface area contributed by atoms with Gasteiger partial charge in [-0.15, -0.1) is 0 Å². The number of hydrogen-bond donors (Lipinski definition) is 1. The standard InChI is InChI=1S/C11H11F3O/c1-7-3-2-4-9-8(7)5-6-10(9,15)11(12,13)14/h2-4,15H,5-6H2,1H3. The predicted molar refractivity (Wildman–Crippen MR) is 49.5 cm³/mol. The van der Waals surface area contributed by atoms with Gasteiger partial charge in [0.2, 0.25) is 0 Å². The normalized spacial score (nSPS) is 25.4. The van der Waals surface area contributed by atoms with E-state index in [1.807, 2.05) is 0 Å². The van der Waals surface area contributed by atoms with Crippen LogP contribution in [0.25, 0.3) is 0 Å². The molecule has 1 atom stereocenters. The molecule has 1 aliphatic carbocycles. The van der Waals surface area contributed by atoms with Gasteiger partial charge in [0.1, 0.15) is 0 Å². The smallest absolute Gasteiger partial charge is 0.376 e. The third-order valence-electron chi connectivity index (χ3n) is 3.06. The first-order valence-electron chi connectivity index (χ1n) is 4.74. The molecule has 1 unspecified atom stereocenters. The van der Waals surface area contributed by atoms with Crippen LogP contribution in [0.15, 0.2) is 18.2 Å². The van der Waals surface area contributed by atoms with Crippen molar-refractivity contribution in [1.29, 1.82) is 0 Å². The Hall–Kier alpha value is -1.03. The van der Waals surface area contributed by atoms with Crippen LogP contribution >= 0.6 is 0 Å². The highest BCUT2D eigenvalue weighted by Gasteiger charge is 2.57. The number of hydrogen-bond acceptors (Lipinski definition) is 1. The van der Waals surface area contributed by atoms with Gasteiger partial charge in [-0.3, -0.25) is 0 Å². The van der Waals surface area contributed by atoms with E-state index in [1.165, 1.54) is 6.07 Å². The average Bonchev–Trinajstić information content (AvgIpc) is 2.46. The van der Waals surface area contributed by atoms with Crippen LogP contribution < -0.4 is 0 Å². The maximum atomic E-state index is 12.7. The first kappa shape index (κ1) is 10.5. The Bertz CT molecular complexity index is 397. The van der Waals surface area contributed by atoms with Crippen LogP contribution in [0.3, 0.4) is 0 Å². The Balaban J connectivity index is 2.58. The van der Waals surface area contributed by atoms with Crippen LogP contribution in [-0.4, -0.2) is 11.3 Å². The van der Waals surface area contributed by atoms with E-state index in [-0.39, 0.29) is 18.4 Å². The lowest BCUT2D eigenvalue weighted by atomic mass is 9.94. The van der Waals surface area contributed by atoms with E-state index in [0.717, 1.165) is 5.56 Å². The molecule has 1 aromatic rings. The number of alkyl halides is 3. The van der Waals surface area contributed by atoms with Gasteiger partial charge in [0.05, 0.1) is 0 Å². The Morgan fingerprint density at radius 2 is 2.00 bits per heavy atom. The largest absolute Gasteiger partial charge is 0.421 e. The van der Waals surface area contributed by atoms with Crippen molar-refractivity contribution in [3.8, 4) is 0 Å².